The molecule has 0 saturated heterocycles. The maximum atomic E-state index is 13.0. The lowest BCUT2D eigenvalue weighted by molar-refractivity contribution is 0.0982. The van der Waals surface area contributed by atoms with Crippen molar-refractivity contribution in [3.63, 3.8) is 0 Å². The summed E-state index contributed by atoms with van der Waals surface area (Å²) in [6.45, 7) is 0. The van der Waals surface area contributed by atoms with Crippen LogP contribution in [0.3, 0.4) is 0 Å². The Bertz CT molecular complexity index is 539. The molecule has 0 spiro atoms. The third-order valence-corrected chi connectivity index (χ3v) is 3.79. The number of halogens is 1. The molecule has 2 aromatic carbocycles. The van der Waals surface area contributed by atoms with Crippen LogP contribution in [-0.4, -0.2) is 11.5 Å². The second-order valence-electron chi connectivity index (χ2n) is 4.20. The van der Waals surface area contributed by atoms with E-state index >= 15 is 0 Å². The zero-order valence-electron chi connectivity index (χ0n) is 10.5. The van der Waals surface area contributed by atoms with E-state index in [9.17, 15) is 9.18 Å². The van der Waals surface area contributed by atoms with Crippen molar-refractivity contribution in [1.82, 2.24) is 0 Å². The van der Waals surface area contributed by atoms with Crippen LogP contribution in [-0.2, 0) is 0 Å². The molecule has 0 bridgehead atoms. The Kier molecular flexibility index (Phi) is 5.16. The molecule has 0 aliphatic carbocycles. The summed E-state index contributed by atoms with van der Waals surface area (Å²) in [4.78, 5) is 12.8. The minimum Gasteiger partial charge on any atom is -0.294 e. The molecule has 0 aliphatic rings. The van der Waals surface area contributed by atoms with E-state index in [4.69, 9.17) is 0 Å². The average Bonchev–Trinajstić information content (AvgIpc) is 2.44. The molecule has 0 fully saturated rings. The van der Waals surface area contributed by atoms with Gasteiger partial charge >= 0.3 is 0 Å². The number of benzene rings is 2. The van der Waals surface area contributed by atoms with E-state index in [0.29, 0.717) is 6.42 Å². The fraction of sp³-hybridized carbons (Fsp3) is 0.188. The van der Waals surface area contributed by atoms with Gasteiger partial charge in [-0.25, -0.2) is 4.39 Å². The van der Waals surface area contributed by atoms with E-state index in [1.807, 2.05) is 36.4 Å². The van der Waals surface area contributed by atoms with Crippen LogP contribution in [0.25, 0.3) is 0 Å². The first kappa shape index (κ1) is 13.8. The predicted octanol–water partition coefficient (Wildman–Crippen LogP) is 4.58. The van der Waals surface area contributed by atoms with Gasteiger partial charge in [0.2, 0.25) is 0 Å². The lowest BCUT2D eigenvalue weighted by atomic mass is 10.1. The summed E-state index contributed by atoms with van der Waals surface area (Å²) >= 11 is 1.58. The maximum Gasteiger partial charge on any atom is 0.162 e. The summed E-state index contributed by atoms with van der Waals surface area (Å²) in [6, 6.07) is 15.8. The molecule has 0 atom stereocenters. The van der Waals surface area contributed by atoms with Crippen LogP contribution in [0.4, 0.5) is 4.39 Å². The highest BCUT2D eigenvalue weighted by Crippen LogP contribution is 2.20. The predicted molar refractivity (Wildman–Crippen MR) is 77.1 cm³/mol. The van der Waals surface area contributed by atoms with Gasteiger partial charge in [-0.2, -0.15) is 0 Å². The third-order valence-electron chi connectivity index (χ3n) is 2.71. The minimum atomic E-state index is -0.217. The number of ketones is 1. The normalized spacial score (nSPS) is 10.4. The molecule has 0 aromatic heterocycles. The number of rotatable bonds is 6. The van der Waals surface area contributed by atoms with Crippen LogP contribution in [0.1, 0.15) is 23.2 Å². The number of hydrogen-bond donors (Lipinski definition) is 0. The standard InChI is InChI=1S/C16H15FOS/c17-14-8-4-9-15(12-14)19-11-5-10-16(18)13-6-2-1-3-7-13/h1-4,6-9,12H,5,10-11H2. The molecular formula is C16H15FOS. The van der Waals surface area contributed by atoms with Gasteiger partial charge in [0, 0.05) is 16.9 Å². The van der Waals surface area contributed by atoms with Crippen LogP contribution in [0.5, 0.6) is 0 Å². The Hall–Kier alpha value is -1.61. The highest BCUT2D eigenvalue weighted by Gasteiger charge is 2.04. The summed E-state index contributed by atoms with van der Waals surface area (Å²) in [6.07, 6.45) is 1.33. The van der Waals surface area contributed by atoms with Crippen LogP contribution in [0.15, 0.2) is 59.5 Å². The van der Waals surface area contributed by atoms with E-state index in [1.54, 1.807) is 17.8 Å². The largest absolute Gasteiger partial charge is 0.294 e. The SMILES string of the molecule is O=C(CCCSc1cccc(F)c1)c1ccccc1. The summed E-state index contributed by atoms with van der Waals surface area (Å²) in [5.41, 5.74) is 0.762. The maximum absolute atomic E-state index is 13.0. The van der Waals surface area contributed by atoms with Gasteiger partial charge in [-0.15, -0.1) is 11.8 Å². The van der Waals surface area contributed by atoms with Gasteiger partial charge in [0.15, 0.2) is 5.78 Å². The van der Waals surface area contributed by atoms with Gasteiger partial charge in [-0.1, -0.05) is 36.4 Å². The number of thioether (sulfide) groups is 1. The lowest BCUT2D eigenvalue weighted by Crippen LogP contribution is -1.99. The average molecular weight is 274 g/mol. The first-order valence-electron chi connectivity index (χ1n) is 6.22. The van der Waals surface area contributed by atoms with Crippen LogP contribution in [0, 0.1) is 5.82 Å². The van der Waals surface area contributed by atoms with Crippen LogP contribution >= 0.6 is 11.8 Å². The quantitative estimate of drug-likeness (QED) is 0.435. The van der Waals surface area contributed by atoms with Gasteiger partial charge < -0.3 is 0 Å². The molecule has 0 saturated carbocycles. The van der Waals surface area contributed by atoms with E-state index in [2.05, 4.69) is 0 Å². The van der Waals surface area contributed by atoms with Crippen molar-refractivity contribution in [3.05, 3.63) is 66.0 Å². The highest BCUT2D eigenvalue weighted by atomic mass is 32.2. The molecule has 1 nitrogen and oxygen atoms in total. The summed E-state index contributed by atoms with van der Waals surface area (Å²) < 4.78 is 13.0. The van der Waals surface area contributed by atoms with Crippen LogP contribution in [0.2, 0.25) is 0 Å². The first-order chi connectivity index (χ1) is 9.25. The molecule has 0 radical (unpaired) electrons. The Labute approximate surface area is 116 Å². The molecule has 98 valence electrons. The molecule has 3 heteroatoms. The van der Waals surface area contributed by atoms with E-state index in [0.717, 1.165) is 22.6 Å². The zero-order valence-corrected chi connectivity index (χ0v) is 11.3. The van der Waals surface area contributed by atoms with Gasteiger partial charge in [-0.05, 0) is 30.4 Å². The molecular weight excluding hydrogens is 259 g/mol. The van der Waals surface area contributed by atoms with Crippen LogP contribution < -0.4 is 0 Å². The van der Waals surface area contributed by atoms with Gasteiger partial charge in [0.1, 0.15) is 5.82 Å². The summed E-state index contributed by atoms with van der Waals surface area (Å²) in [7, 11) is 0. The fourth-order valence-corrected chi connectivity index (χ4v) is 2.64. The smallest absolute Gasteiger partial charge is 0.162 e. The second kappa shape index (κ2) is 7.10. The molecule has 0 unspecified atom stereocenters. The molecule has 0 aliphatic heterocycles. The number of Topliss-reactive ketones (excluding diaryl/α,β-unsaturated/α-hetero) is 1. The number of hydrogen-bond acceptors (Lipinski definition) is 2. The molecule has 0 amide bonds. The van der Waals surface area contributed by atoms with Gasteiger partial charge in [0.25, 0.3) is 0 Å². The fourth-order valence-electron chi connectivity index (χ4n) is 1.75. The Balaban J connectivity index is 1.74. The summed E-state index contributed by atoms with van der Waals surface area (Å²) in [5, 5.41) is 0. The number of carbonyl (C=O) groups excluding carboxylic acids is 1. The van der Waals surface area contributed by atoms with Crippen molar-refractivity contribution in [3.8, 4) is 0 Å². The molecule has 0 heterocycles. The lowest BCUT2D eigenvalue weighted by Gasteiger charge is -2.02. The topological polar surface area (TPSA) is 17.1 Å². The number of carbonyl (C=O) groups is 1. The van der Waals surface area contributed by atoms with Crippen molar-refractivity contribution in [2.75, 3.05) is 5.75 Å². The van der Waals surface area contributed by atoms with Crippen molar-refractivity contribution < 1.29 is 9.18 Å². The summed E-state index contributed by atoms with van der Waals surface area (Å²) in [5.74, 6) is 0.771. The van der Waals surface area contributed by atoms with Crippen molar-refractivity contribution >= 4 is 17.5 Å². The van der Waals surface area contributed by atoms with Gasteiger partial charge in [0.05, 0.1) is 0 Å². The highest BCUT2D eigenvalue weighted by molar-refractivity contribution is 7.99. The van der Waals surface area contributed by atoms with Crippen molar-refractivity contribution in [1.29, 1.82) is 0 Å². The first-order valence-corrected chi connectivity index (χ1v) is 7.21. The molecule has 19 heavy (non-hydrogen) atoms. The van der Waals surface area contributed by atoms with Crippen molar-refractivity contribution in [2.24, 2.45) is 0 Å². The zero-order chi connectivity index (χ0) is 13.5. The van der Waals surface area contributed by atoms with Crippen molar-refractivity contribution in [2.45, 2.75) is 17.7 Å². The Morgan fingerprint density at radius 2 is 1.84 bits per heavy atom. The third kappa shape index (κ3) is 4.52. The Morgan fingerprint density at radius 1 is 1.05 bits per heavy atom. The molecule has 0 N–H and O–H groups in total. The van der Waals surface area contributed by atoms with Gasteiger partial charge in [-0.3, -0.25) is 4.79 Å². The molecule has 2 aromatic rings. The van der Waals surface area contributed by atoms with E-state index in [1.165, 1.54) is 12.1 Å². The monoisotopic (exact) mass is 274 g/mol. The van der Waals surface area contributed by atoms with E-state index < -0.39 is 0 Å². The molecule has 2 rings (SSSR count). The second-order valence-corrected chi connectivity index (χ2v) is 5.37. The minimum absolute atomic E-state index is 0.167. The van der Waals surface area contributed by atoms with E-state index in [-0.39, 0.29) is 11.6 Å². The Morgan fingerprint density at radius 3 is 2.58 bits per heavy atom.